The highest BCUT2D eigenvalue weighted by Crippen LogP contribution is 2.43. The number of carbonyl (C=O) groups excluding carboxylic acids is 2. The molecule has 1 unspecified atom stereocenters. The molecular formula is C27H24FNO4. The fraction of sp³-hybridized carbons (Fsp3) is 0.185. The van der Waals surface area contributed by atoms with Gasteiger partial charge in [-0.3, -0.25) is 14.5 Å². The van der Waals surface area contributed by atoms with Gasteiger partial charge in [0.15, 0.2) is 0 Å². The Hall–Kier alpha value is -3.93. The number of benzene rings is 3. The van der Waals surface area contributed by atoms with Crippen molar-refractivity contribution in [2.45, 2.75) is 26.3 Å². The number of anilines is 1. The van der Waals surface area contributed by atoms with Crippen LogP contribution in [0.15, 0.2) is 72.3 Å². The molecule has 1 aliphatic rings. The van der Waals surface area contributed by atoms with Gasteiger partial charge in [-0.15, -0.1) is 0 Å². The standard InChI is InChI=1S/C27H24FNO4/c1-4-17-6-12-20(13-7-17)29-24(18-8-10-19(28)11-9-18)23(26(31)27(29)32)25(30)21-15-16(2)5-14-22(21)33-3/h5-15,24,30H,4H2,1-3H3/b25-23+. The number of carbonyl (C=O) groups is 2. The molecule has 1 amide bonds. The van der Waals surface area contributed by atoms with Gasteiger partial charge in [-0.25, -0.2) is 4.39 Å². The lowest BCUT2D eigenvalue weighted by Crippen LogP contribution is -2.29. The number of Topliss-reactive ketones (excluding diaryl/α,β-unsaturated/α-hetero) is 1. The van der Waals surface area contributed by atoms with Gasteiger partial charge >= 0.3 is 0 Å². The van der Waals surface area contributed by atoms with Gasteiger partial charge in [0.1, 0.15) is 17.3 Å². The zero-order valence-electron chi connectivity index (χ0n) is 18.6. The average molecular weight is 445 g/mol. The van der Waals surface area contributed by atoms with Gasteiger partial charge in [-0.05, 0) is 60.9 Å². The minimum absolute atomic E-state index is 0.0740. The Balaban J connectivity index is 1.96. The maximum absolute atomic E-state index is 13.7. The molecule has 0 aliphatic carbocycles. The van der Waals surface area contributed by atoms with Gasteiger partial charge in [0.2, 0.25) is 0 Å². The fourth-order valence-corrected chi connectivity index (χ4v) is 4.10. The van der Waals surface area contributed by atoms with Crippen molar-refractivity contribution >= 4 is 23.1 Å². The van der Waals surface area contributed by atoms with Crippen molar-refractivity contribution in [3.05, 3.63) is 100 Å². The van der Waals surface area contributed by atoms with Crippen molar-refractivity contribution in [2.24, 2.45) is 0 Å². The number of amides is 1. The maximum atomic E-state index is 13.7. The third-order valence-corrected chi connectivity index (χ3v) is 5.86. The molecule has 5 nitrogen and oxygen atoms in total. The van der Waals surface area contributed by atoms with E-state index in [0.29, 0.717) is 22.6 Å². The summed E-state index contributed by atoms with van der Waals surface area (Å²) in [7, 11) is 1.47. The number of hydrogen-bond acceptors (Lipinski definition) is 4. The van der Waals surface area contributed by atoms with Crippen LogP contribution in [-0.4, -0.2) is 23.9 Å². The molecule has 0 aromatic heterocycles. The number of halogens is 1. The number of hydrogen-bond donors (Lipinski definition) is 1. The van der Waals surface area contributed by atoms with Gasteiger partial charge in [-0.2, -0.15) is 0 Å². The number of nitrogens with zero attached hydrogens (tertiary/aromatic N) is 1. The van der Waals surface area contributed by atoms with E-state index in [1.807, 2.05) is 32.0 Å². The Morgan fingerprint density at radius 2 is 1.70 bits per heavy atom. The number of ketones is 1. The lowest BCUT2D eigenvalue weighted by Gasteiger charge is -2.25. The lowest BCUT2D eigenvalue weighted by molar-refractivity contribution is -0.132. The molecule has 1 fully saturated rings. The molecule has 0 saturated carbocycles. The topological polar surface area (TPSA) is 66.8 Å². The van der Waals surface area contributed by atoms with Crippen LogP contribution in [0, 0.1) is 12.7 Å². The molecule has 0 radical (unpaired) electrons. The molecule has 1 N–H and O–H groups in total. The molecule has 3 aromatic carbocycles. The first-order valence-corrected chi connectivity index (χ1v) is 10.7. The number of aliphatic hydroxyl groups excluding tert-OH is 1. The van der Waals surface area contributed by atoms with Crippen molar-refractivity contribution in [1.29, 1.82) is 0 Å². The summed E-state index contributed by atoms with van der Waals surface area (Å²) in [6, 6.07) is 17.2. The summed E-state index contributed by atoms with van der Waals surface area (Å²) >= 11 is 0. The second-order valence-corrected chi connectivity index (χ2v) is 7.94. The summed E-state index contributed by atoms with van der Waals surface area (Å²) in [6.45, 7) is 3.87. The van der Waals surface area contributed by atoms with E-state index in [2.05, 4.69) is 0 Å². The number of rotatable bonds is 5. The van der Waals surface area contributed by atoms with Crippen LogP contribution in [0.2, 0.25) is 0 Å². The van der Waals surface area contributed by atoms with Crippen LogP contribution in [0.1, 0.15) is 35.2 Å². The molecule has 1 saturated heterocycles. The summed E-state index contributed by atoms with van der Waals surface area (Å²) in [6.07, 6.45) is 0.827. The van der Waals surface area contributed by atoms with Crippen LogP contribution < -0.4 is 9.64 Å². The summed E-state index contributed by atoms with van der Waals surface area (Å²) in [5.41, 5.74) is 3.18. The van der Waals surface area contributed by atoms with Gasteiger partial charge in [0.05, 0.1) is 24.3 Å². The fourth-order valence-electron chi connectivity index (χ4n) is 4.10. The van der Waals surface area contributed by atoms with Gasteiger partial charge in [0.25, 0.3) is 11.7 Å². The number of ether oxygens (including phenoxy) is 1. The van der Waals surface area contributed by atoms with E-state index in [0.717, 1.165) is 17.5 Å². The lowest BCUT2D eigenvalue weighted by atomic mass is 9.94. The van der Waals surface area contributed by atoms with Crippen LogP contribution in [0.3, 0.4) is 0 Å². The minimum atomic E-state index is -0.928. The van der Waals surface area contributed by atoms with E-state index in [9.17, 15) is 19.1 Å². The predicted molar refractivity (Wildman–Crippen MR) is 125 cm³/mol. The Labute approximate surface area is 191 Å². The van der Waals surface area contributed by atoms with E-state index in [-0.39, 0.29) is 11.3 Å². The second kappa shape index (κ2) is 8.90. The zero-order chi connectivity index (χ0) is 23.7. The largest absolute Gasteiger partial charge is 0.507 e. The summed E-state index contributed by atoms with van der Waals surface area (Å²) in [5, 5.41) is 11.3. The number of aryl methyl sites for hydroxylation is 2. The van der Waals surface area contributed by atoms with Crippen molar-refractivity contribution in [3.8, 4) is 5.75 Å². The molecule has 4 rings (SSSR count). The third-order valence-electron chi connectivity index (χ3n) is 5.86. The monoisotopic (exact) mass is 445 g/mol. The van der Waals surface area contributed by atoms with E-state index in [1.54, 1.807) is 24.3 Å². The molecule has 1 aliphatic heterocycles. The van der Waals surface area contributed by atoms with E-state index in [4.69, 9.17) is 4.74 Å². The second-order valence-electron chi connectivity index (χ2n) is 7.94. The molecule has 1 atom stereocenters. The summed E-state index contributed by atoms with van der Waals surface area (Å²) in [4.78, 5) is 27.8. The van der Waals surface area contributed by atoms with Crippen LogP contribution in [0.4, 0.5) is 10.1 Å². The molecule has 1 heterocycles. The Morgan fingerprint density at radius 3 is 2.30 bits per heavy atom. The smallest absolute Gasteiger partial charge is 0.300 e. The summed E-state index contributed by atoms with van der Waals surface area (Å²) < 4.78 is 19.1. The SMILES string of the molecule is CCc1ccc(N2C(=O)C(=O)/C(=C(/O)c3cc(C)ccc3OC)C2c2ccc(F)cc2)cc1. The first-order valence-electron chi connectivity index (χ1n) is 10.7. The summed E-state index contributed by atoms with van der Waals surface area (Å²) in [5.74, 6) is -1.99. The number of methoxy groups -OCH3 is 1. The predicted octanol–water partition coefficient (Wildman–Crippen LogP) is 5.33. The Bertz CT molecular complexity index is 1250. The number of aliphatic hydroxyl groups is 1. The van der Waals surface area contributed by atoms with Crippen molar-refractivity contribution < 1.29 is 23.8 Å². The zero-order valence-corrected chi connectivity index (χ0v) is 18.6. The Morgan fingerprint density at radius 1 is 1.03 bits per heavy atom. The van der Waals surface area contributed by atoms with Crippen molar-refractivity contribution in [2.75, 3.05) is 12.0 Å². The molecule has 6 heteroatoms. The van der Waals surface area contributed by atoms with Gasteiger partial charge < -0.3 is 9.84 Å². The quantitative estimate of drug-likeness (QED) is 0.327. The molecule has 0 bridgehead atoms. The van der Waals surface area contributed by atoms with E-state index >= 15 is 0 Å². The molecule has 33 heavy (non-hydrogen) atoms. The molecule has 0 spiro atoms. The van der Waals surface area contributed by atoms with Crippen LogP contribution in [0.25, 0.3) is 5.76 Å². The van der Waals surface area contributed by atoms with Crippen LogP contribution >= 0.6 is 0 Å². The van der Waals surface area contributed by atoms with E-state index in [1.165, 1.54) is 36.3 Å². The van der Waals surface area contributed by atoms with Crippen molar-refractivity contribution in [3.63, 3.8) is 0 Å². The van der Waals surface area contributed by atoms with Crippen molar-refractivity contribution in [1.82, 2.24) is 0 Å². The van der Waals surface area contributed by atoms with Gasteiger partial charge in [-0.1, -0.05) is 42.8 Å². The normalized spacial score (nSPS) is 17.5. The molecular weight excluding hydrogens is 421 g/mol. The first-order chi connectivity index (χ1) is 15.8. The van der Waals surface area contributed by atoms with Crippen LogP contribution in [-0.2, 0) is 16.0 Å². The van der Waals surface area contributed by atoms with Gasteiger partial charge in [0, 0.05) is 5.69 Å². The first kappa shape index (κ1) is 22.3. The minimum Gasteiger partial charge on any atom is -0.507 e. The highest BCUT2D eigenvalue weighted by atomic mass is 19.1. The molecule has 3 aromatic rings. The third kappa shape index (κ3) is 4.00. The Kier molecular flexibility index (Phi) is 6.01. The average Bonchev–Trinajstić information content (AvgIpc) is 3.09. The van der Waals surface area contributed by atoms with E-state index < -0.39 is 23.5 Å². The molecule has 168 valence electrons. The highest BCUT2D eigenvalue weighted by Gasteiger charge is 2.47. The maximum Gasteiger partial charge on any atom is 0.300 e. The van der Waals surface area contributed by atoms with Crippen LogP contribution in [0.5, 0.6) is 5.75 Å². The highest BCUT2D eigenvalue weighted by molar-refractivity contribution is 6.51.